The van der Waals surface area contributed by atoms with E-state index in [-0.39, 0.29) is 0 Å². The van der Waals surface area contributed by atoms with Crippen LogP contribution in [-0.4, -0.2) is 39.7 Å². The number of ether oxygens (including phenoxy) is 2. The molecular weight excluding hydrogens is 336 g/mol. The van der Waals surface area contributed by atoms with E-state index in [1.54, 1.807) is 23.6 Å². The van der Waals surface area contributed by atoms with Gasteiger partial charge in [0.05, 0.1) is 13.7 Å². The van der Waals surface area contributed by atoms with Crippen molar-refractivity contribution in [1.82, 2.24) is 20.2 Å². The van der Waals surface area contributed by atoms with Crippen LogP contribution in [0.15, 0.2) is 47.6 Å². The number of aromatic nitrogens is 4. The summed E-state index contributed by atoms with van der Waals surface area (Å²) in [7, 11) is 1.63. The van der Waals surface area contributed by atoms with Gasteiger partial charge in [-0.05, 0) is 47.5 Å². The highest BCUT2D eigenvalue weighted by atomic mass is 32.2. The van der Waals surface area contributed by atoms with Crippen LogP contribution in [0.4, 0.5) is 0 Å². The molecule has 7 heteroatoms. The van der Waals surface area contributed by atoms with Crippen molar-refractivity contribution < 1.29 is 9.47 Å². The second kappa shape index (κ2) is 8.02. The van der Waals surface area contributed by atoms with Crippen LogP contribution in [-0.2, 0) is 0 Å². The highest BCUT2D eigenvalue weighted by Crippen LogP contribution is 2.26. The van der Waals surface area contributed by atoms with Crippen molar-refractivity contribution >= 4 is 11.8 Å². The Kier molecular flexibility index (Phi) is 5.55. The summed E-state index contributed by atoms with van der Waals surface area (Å²) in [6.07, 6.45) is 0. The van der Waals surface area contributed by atoms with E-state index in [0.717, 1.165) is 34.1 Å². The van der Waals surface area contributed by atoms with Crippen LogP contribution in [0, 0.1) is 13.8 Å². The zero-order chi connectivity index (χ0) is 17.6. The Morgan fingerprint density at radius 1 is 1.04 bits per heavy atom. The summed E-state index contributed by atoms with van der Waals surface area (Å²) in [5.74, 6) is 2.42. The normalized spacial score (nSPS) is 10.7. The molecule has 0 fully saturated rings. The van der Waals surface area contributed by atoms with Crippen LogP contribution in [0.2, 0.25) is 0 Å². The number of thioether (sulfide) groups is 1. The SMILES string of the molecule is COc1ccccc1-n1nnnc1SCCOc1c(C)cccc1C. The third-order valence-electron chi connectivity index (χ3n) is 3.72. The lowest BCUT2D eigenvalue weighted by Crippen LogP contribution is -2.05. The maximum Gasteiger partial charge on any atom is 0.214 e. The highest BCUT2D eigenvalue weighted by molar-refractivity contribution is 7.99. The molecule has 0 saturated heterocycles. The van der Waals surface area contributed by atoms with Gasteiger partial charge in [-0.25, -0.2) is 0 Å². The van der Waals surface area contributed by atoms with Gasteiger partial charge in [-0.1, -0.05) is 42.1 Å². The molecule has 0 N–H and O–H groups in total. The van der Waals surface area contributed by atoms with Gasteiger partial charge in [0.15, 0.2) is 0 Å². The first-order valence-electron chi connectivity index (χ1n) is 7.94. The minimum Gasteiger partial charge on any atom is -0.494 e. The van der Waals surface area contributed by atoms with Crippen LogP contribution in [0.3, 0.4) is 0 Å². The molecule has 1 aromatic heterocycles. The summed E-state index contributed by atoms with van der Waals surface area (Å²) in [6.45, 7) is 4.69. The fraction of sp³-hybridized carbons (Fsp3) is 0.278. The van der Waals surface area contributed by atoms with Gasteiger partial charge >= 0.3 is 0 Å². The highest BCUT2D eigenvalue weighted by Gasteiger charge is 2.13. The minimum atomic E-state index is 0.579. The van der Waals surface area contributed by atoms with E-state index >= 15 is 0 Å². The Labute approximate surface area is 151 Å². The number of methoxy groups -OCH3 is 1. The Morgan fingerprint density at radius 3 is 2.56 bits per heavy atom. The Bertz CT molecular complexity index is 830. The molecule has 0 aliphatic heterocycles. The smallest absolute Gasteiger partial charge is 0.214 e. The number of benzene rings is 2. The molecule has 3 rings (SSSR count). The fourth-order valence-electron chi connectivity index (χ4n) is 2.53. The lowest BCUT2D eigenvalue weighted by Gasteiger charge is -2.12. The average Bonchev–Trinajstić information content (AvgIpc) is 3.09. The summed E-state index contributed by atoms with van der Waals surface area (Å²) < 4.78 is 13.0. The van der Waals surface area contributed by atoms with Crippen molar-refractivity contribution in [2.45, 2.75) is 19.0 Å². The van der Waals surface area contributed by atoms with Crippen LogP contribution in [0.5, 0.6) is 11.5 Å². The first-order chi connectivity index (χ1) is 12.2. The molecule has 1 heterocycles. The summed E-state index contributed by atoms with van der Waals surface area (Å²) >= 11 is 1.54. The molecule has 0 bridgehead atoms. The number of hydrogen-bond acceptors (Lipinski definition) is 6. The van der Waals surface area contributed by atoms with E-state index in [1.165, 1.54) is 0 Å². The number of para-hydroxylation sites is 3. The zero-order valence-electron chi connectivity index (χ0n) is 14.5. The van der Waals surface area contributed by atoms with Crippen molar-refractivity contribution in [3.63, 3.8) is 0 Å². The predicted molar refractivity (Wildman–Crippen MR) is 97.8 cm³/mol. The molecule has 0 amide bonds. The molecule has 0 aliphatic rings. The molecule has 0 spiro atoms. The van der Waals surface area contributed by atoms with Crippen molar-refractivity contribution in [2.75, 3.05) is 19.5 Å². The van der Waals surface area contributed by atoms with Crippen LogP contribution >= 0.6 is 11.8 Å². The second-order valence-corrected chi connectivity index (χ2v) is 6.53. The summed E-state index contributed by atoms with van der Waals surface area (Å²) in [5.41, 5.74) is 3.10. The third kappa shape index (κ3) is 3.93. The first-order valence-corrected chi connectivity index (χ1v) is 8.93. The molecule has 130 valence electrons. The number of hydrogen-bond donors (Lipinski definition) is 0. The maximum atomic E-state index is 5.93. The average molecular weight is 356 g/mol. The van der Waals surface area contributed by atoms with Gasteiger partial charge < -0.3 is 9.47 Å². The van der Waals surface area contributed by atoms with Gasteiger partial charge in [0, 0.05) is 5.75 Å². The molecular formula is C18H20N4O2S. The van der Waals surface area contributed by atoms with Gasteiger partial charge in [0.1, 0.15) is 17.2 Å². The summed E-state index contributed by atoms with van der Waals surface area (Å²) in [5, 5.41) is 12.7. The summed E-state index contributed by atoms with van der Waals surface area (Å²) in [6, 6.07) is 13.8. The van der Waals surface area contributed by atoms with E-state index < -0.39 is 0 Å². The zero-order valence-corrected chi connectivity index (χ0v) is 15.3. The van der Waals surface area contributed by atoms with Gasteiger partial charge in [-0.15, -0.1) is 5.10 Å². The Morgan fingerprint density at radius 2 is 1.80 bits per heavy atom. The monoisotopic (exact) mass is 356 g/mol. The molecule has 6 nitrogen and oxygen atoms in total. The molecule has 25 heavy (non-hydrogen) atoms. The van der Waals surface area contributed by atoms with Gasteiger partial charge in [-0.2, -0.15) is 4.68 Å². The molecule has 0 aliphatic carbocycles. The maximum absolute atomic E-state index is 5.93. The number of aryl methyl sites for hydroxylation is 2. The number of tetrazole rings is 1. The van der Waals surface area contributed by atoms with E-state index in [4.69, 9.17) is 9.47 Å². The molecule has 0 saturated carbocycles. The van der Waals surface area contributed by atoms with E-state index in [9.17, 15) is 0 Å². The lowest BCUT2D eigenvalue weighted by molar-refractivity contribution is 0.339. The van der Waals surface area contributed by atoms with Crippen molar-refractivity contribution in [1.29, 1.82) is 0 Å². The number of nitrogens with zero attached hydrogens (tertiary/aromatic N) is 4. The lowest BCUT2D eigenvalue weighted by atomic mass is 10.1. The molecule has 0 radical (unpaired) electrons. The van der Waals surface area contributed by atoms with Crippen LogP contribution in [0.25, 0.3) is 5.69 Å². The fourth-order valence-corrected chi connectivity index (χ4v) is 3.23. The minimum absolute atomic E-state index is 0.579. The van der Waals surface area contributed by atoms with Crippen LogP contribution < -0.4 is 9.47 Å². The van der Waals surface area contributed by atoms with Crippen molar-refractivity contribution in [2.24, 2.45) is 0 Å². The second-order valence-electron chi connectivity index (χ2n) is 5.46. The molecule has 0 atom stereocenters. The Hall–Kier alpha value is -2.54. The predicted octanol–water partition coefficient (Wildman–Crippen LogP) is 3.46. The molecule has 2 aromatic carbocycles. The van der Waals surface area contributed by atoms with E-state index in [1.807, 2.05) is 30.3 Å². The van der Waals surface area contributed by atoms with Crippen molar-refractivity contribution in [3.8, 4) is 17.2 Å². The standard InChI is InChI=1S/C18H20N4O2S/c1-13-7-6-8-14(2)17(13)24-11-12-25-18-19-20-21-22(18)15-9-4-5-10-16(15)23-3/h4-10H,11-12H2,1-3H3. The van der Waals surface area contributed by atoms with Crippen LogP contribution in [0.1, 0.15) is 11.1 Å². The number of rotatable bonds is 7. The molecule has 3 aromatic rings. The topological polar surface area (TPSA) is 62.1 Å². The first kappa shape index (κ1) is 17.3. The largest absolute Gasteiger partial charge is 0.494 e. The van der Waals surface area contributed by atoms with Gasteiger partial charge in [-0.3, -0.25) is 0 Å². The van der Waals surface area contributed by atoms with E-state index in [2.05, 4.69) is 41.5 Å². The van der Waals surface area contributed by atoms with E-state index in [0.29, 0.717) is 11.8 Å². The van der Waals surface area contributed by atoms with Gasteiger partial charge in [0.25, 0.3) is 0 Å². The third-order valence-corrected chi connectivity index (χ3v) is 4.61. The quantitative estimate of drug-likeness (QED) is 0.477. The molecule has 0 unspecified atom stereocenters. The Balaban J connectivity index is 1.65. The van der Waals surface area contributed by atoms with Gasteiger partial charge in [0.2, 0.25) is 5.16 Å². The van der Waals surface area contributed by atoms with Crippen molar-refractivity contribution in [3.05, 3.63) is 53.6 Å². The summed E-state index contributed by atoms with van der Waals surface area (Å²) in [4.78, 5) is 0.